The summed E-state index contributed by atoms with van der Waals surface area (Å²) in [6.07, 6.45) is 1.01. The molecular weight excluding hydrogens is 314 g/mol. The fourth-order valence-electron chi connectivity index (χ4n) is 2.98. The van der Waals surface area contributed by atoms with E-state index in [1.54, 1.807) is 21.3 Å². The summed E-state index contributed by atoms with van der Waals surface area (Å²) in [6.45, 7) is 6.05. The van der Waals surface area contributed by atoms with Gasteiger partial charge >= 0.3 is 0 Å². The molecule has 0 unspecified atom stereocenters. The number of aryl methyl sites for hydroxylation is 2. The molecule has 0 aromatic heterocycles. The molecule has 4 nitrogen and oxygen atoms in total. The first kappa shape index (κ1) is 19.1. The van der Waals surface area contributed by atoms with Gasteiger partial charge in [0.05, 0.1) is 21.3 Å². The van der Waals surface area contributed by atoms with E-state index in [0.717, 1.165) is 36.8 Å². The largest absolute Gasteiger partial charge is 0.496 e. The Bertz CT molecular complexity index is 713. The van der Waals surface area contributed by atoms with Crippen molar-refractivity contribution in [3.63, 3.8) is 0 Å². The highest BCUT2D eigenvalue weighted by Crippen LogP contribution is 2.30. The second-order valence-corrected chi connectivity index (χ2v) is 6.43. The fourth-order valence-corrected chi connectivity index (χ4v) is 2.98. The van der Waals surface area contributed by atoms with Gasteiger partial charge in [0, 0.05) is 13.1 Å². The standard InChI is InChI=1S/C21H29NO3/c1-15-12-20(24-5)21(25-6)13-18(15)14-22(3)10-9-17-7-8-19(23-4)16(2)11-17/h7-8,11-13H,9-10,14H2,1-6H3. The van der Waals surface area contributed by atoms with E-state index >= 15 is 0 Å². The second kappa shape index (κ2) is 8.77. The number of hydrogen-bond acceptors (Lipinski definition) is 4. The molecule has 0 radical (unpaired) electrons. The van der Waals surface area contributed by atoms with E-state index in [2.05, 4.69) is 44.0 Å². The number of likely N-dealkylation sites (N-methyl/N-ethyl adjacent to an activating group) is 1. The third-order valence-electron chi connectivity index (χ3n) is 4.52. The lowest BCUT2D eigenvalue weighted by molar-refractivity contribution is 0.326. The number of benzene rings is 2. The number of nitrogens with zero attached hydrogens (tertiary/aromatic N) is 1. The number of hydrogen-bond donors (Lipinski definition) is 0. The quantitative estimate of drug-likeness (QED) is 0.725. The number of rotatable bonds is 8. The maximum absolute atomic E-state index is 5.42. The van der Waals surface area contributed by atoms with Crippen LogP contribution in [0.1, 0.15) is 22.3 Å². The lowest BCUT2D eigenvalue weighted by Gasteiger charge is -2.20. The predicted molar refractivity (Wildman–Crippen MR) is 102 cm³/mol. The Hall–Kier alpha value is -2.20. The van der Waals surface area contributed by atoms with Crippen LogP contribution in [0.5, 0.6) is 17.2 Å². The van der Waals surface area contributed by atoms with E-state index in [9.17, 15) is 0 Å². The van der Waals surface area contributed by atoms with Gasteiger partial charge in [-0.1, -0.05) is 12.1 Å². The molecule has 2 aromatic rings. The van der Waals surface area contributed by atoms with Gasteiger partial charge < -0.3 is 19.1 Å². The van der Waals surface area contributed by atoms with Gasteiger partial charge in [0.1, 0.15) is 5.75 Å². The Morgan fingerprint density at radius 3 is 2.04 bits per heavy atom. The fraction of sp³-hybridized carbons (Fsp3) is 0.429. The molecule has 2 aromatic carbocycles. The van der Waals surface area contributed by atoms with Crippen molar-refractivity contribution in [3.8, 4) is 17.2 Å². The van der Waals surface area contributed by atoms with Crippen molar-refractivity contribution in [1.82, 2.24) is 4.90 Å². The van der Waals surface area contributed by atoms with Crippen LogP contribution in [0.15, 0.2) is 30.3 Å². The highest BCUT2D eigenvalue weighted by atomic mass is 16.5. The summed E-state index contributed by atoms with van der Waals surface area (Å²) < 4.78 is 16.1. The van der Waals surface area contributed by atoms with Crippen molar-refractivity contribution in [1.29, 1.82) is 0 Å². The maximum atomic E-state index is 5.42. The molecule has 0 fully saturated rings. The summed E-state index contributed by atoms with van der Waals surface area (Å²) in [5, 5.41) is 0. The van der Waals surface area contributed by atoms with Gasteiger partial charge in [-0.15, -0.1) is 0 Å². The Balaban J connectivity index is 2.00. The molecule has 2 rings (SSSR count). The van der Waals surface area contributed by atoms with E-state index in [-0.39, 0.29) is 0 Å². The van der Waals surface area contributed by atoms with Crippen LogP contribution in [0.25, 0.3) is 0 Å². The highest BCUT2D eigenvalue weighted by molar-refractivity contribution is 5.47. The summed E-state index contributed by atoms with van der Waals surface area (Å²) >= 11 is 0. The topological polar surface area (TPSA) is 30.9 Å². The van der Waals surface area contributed by atoms with Crippen molar-refractivity contribution in [2.24, 2.45) is 0 Å². The zero-order valence-corrected chi connectivity index (χ0v) is 16.2. The summed E-state index contributed by atoms with van der Waals surface area (Å²) in [5.74, 6) is 2.50. The summed E-state index contributed by atoms with van der Waals surface area (Å²) in [5.41, 5.74) is 4.98. The number of methoxy groups -OCH3 is 3. The maximum Gasteiger partial charge on any atom is 0.161 e. The molecule has 25 heavy (non-hydrogen) atoms. The van der Waals surface area contributed by atoms with Crippen molar-refractivity contribution in [2.45, 2.75) is 26.8 Å². The first-order valence-corrected chi connectivity index (χ1v) is 8.52. The van der Waals surface area contributed by atoms with Gasteiger partial charge in [-0.25, -0.2) is 0 Å². The Morgan fingerprint density at radius 1 is 0.800 bits per heavy atom. The van der Waals surface area contributed by atoms with Gasteiger partial charge in [-0.2, -0.15) is 0 Å². The Labute approximate surface area is 151 Å². The zero-order chi connectivity index (χ0) is 18.4. The predicted octanol–water partition coefficient (Wildman–Crippen LogP) is 4.00. The minimum absolute atomic E-state index is 0.778. The minimum Gasteiger partial charge on any atom is -0.496 e. The van der Waals surface area contributed by atoms with Crippen LogP contribution in [-0.4, -0.2) is 39.8 Å². The first-order chi connectivity index (χ1) is 12.0. The number of ether oxygens (including phenoxy) is 3. The molecule has 0 saturated heterocycles. The monoisotopic (exact) mass is 343 g/mol. The van der Waals surface area contributed by atoms with Gasteiger partial charge in [0.15, 0.2) is 11.5 Å². The third-order valence-corrected chi connectivity index (χ3v) is 4.52. The van der Waals surface area contributed by atoms with Gasteiger partial charge in [0.2, 0.25) is 0 Å². The molecule has 0 bridgehead atoms. The molecule has 0 aliphatic rings. The van der Waals surface area contributed by atoms with E-state index < -0.39 is 0 Å². The molecule has 0 N–H and O–H groups in total. The van der Waals surface area contributed by atoms with Crippen LogP contribution >= 0.6 is 0 Å². The van der Waals surface area contributed by atoms with Crippen LogP contribution in [0.2, 0.25) is 0 Å². The summed E-state index contributed by atoms with van der Waals surface area (Å²) in [6, 6.07) is 10.5. The van der Waals surface area contributed by atoms with Crippen molar-refractivity contribution < 1.29 is 14.2 Å². The van der Waals surface area contributed by atoms with Crippen molar-refractivity contribution in [2.75, 3.05) is 34.9 Å². The Morgan fingerprint density at radius 2 is 1.44 bits per heavy atom. The lowest BCUT2D eigenvalue weighted by atomic mass is 10.1. The van der Waals surface area contributed by atoms with E-state index in [1.165, 1.54) is 22.3 Å². The molecule has 0 atom stereocenters. The van der Waals surface area contributed by atoms with E-state index in [1.807, 2.05) is 12.1 Å². The molecule has 0 spiro atoms. The molecular formula is C21H29NO3. The normalized spacial score (nSPS) is 10.8. The molecule has 0 amide bonds. The average Bonchev–Trinajstić information content (AvgIpc) is 2.61. The lowest BCUT2D eigenvalue weighted by Crippen LogP contribution is -2.21. The molecule has 0 heterocycles. The molecule has 4 heteroatoms. The van der Waals surface area contributed by atoms with Crippen LogP contribution in [-0.2, 0) is 13.0 Å². The average molecular weight is 343 g/mol. The minimum atomic E-state index is 0.778. The van der Waals surface area contributed by atoms with Crippen LogP contribution < -0.4 is 14.2 Å². The van der Waals surface area contributed by atoms with Crippen molar-refractivity contribution in [3.05, 3.63) is 52.6 Å². The molecule has 0 aliphatic carbocycles. The molecule has 0 saturated carbocycles. The van der Waals surface area contributed by atoms with Gasteiger partial charge in [-0.3, -0.25) is 0 Å². The van der Waals surface area contributed by atoms with Gasteiger partial charge in [-0.05, 0) is 67.8 Å². The van der Waals surface area contributed by atoms with Crippen LogP contribution in [0.4, 0.5) is 0 Å². The van der Waals surface area contributed by atoms with Crippen LogP contribution in [0.3, 0.4) is 0 Å². The van der Waals surface area contributed by atoms with Crippen molar-refractivity contribution >= 4 is 0 Å². The van der Waals surface area contributed by atoms with Gasteiger partial charge in [0.25, 0.3) is 0 Å². The Kier molecular flexibility index (Phi) is 6.71. The van der Waals surface area contributed by atoms with Crippen LogP contribution in [0, 0.1) is 13.8 Å². The SMILES string of the molecule is COc1ccc(CCN(C)Cc2cc(OC)c(OC)cc2C)cc1C. The molecule has 136 valence electrons. The molecule has 0 aliphatic heterocycles. The zero-order valence-electron chi connectivity index (χ0n) is 16.2. The smallest absolute Gasteiger partial charge is 0.161 e. The third kappa shape index (κ3) is 4.89. The summed E-state index contributed by atoms with van der Waals surface area (Å²) in [7, 11) is 7.19. The van der Waals surface area contributed by atoms with E-state index in [0.29, 0.717) is 0 Å². The van der Waals surface area contributed by atoms with E-state index in [4.69, 9.17) is 14.2 Å². The highest BCUT2D eigenvalue weighted by Gasteiger charge is 2.10. The summed E-state index contributed by atoms with van der Waals surface area (Å²) in [4.78, 5) is 2.33. The first-order valence-electron chi connectivity index (χ1n) is 8.52. The second-order valence-electron chi connectivity index (χ2n) is 6.43.